The number of nitrogens with two attached hydrogens (primary N) is 3. The largest absolute Gasteiger partial charge is 0.496 e. The molecule has 1 saturated carbocycles. The van der Waals surface area contributed by atoms with Crippen LogP contribution in [0.5, 0.6) is 17.2 Å². The average Bonchev–Trinajstić information content (AvgIpc) is 1.63. The summed E-state index contributed by atoms with van der Waals surface area (Å²) >= 11 is 0. The lowest BCUT2D eigenvalue weighted by atomic mass is 9.80. The van der Waals surface area contributed by atoms with Crippen molar-refractivity contribution in [3.63, 3.8) is 0 Å². The Morgan fingerprint density at radius 1 is 0.636 bits per heavy atom. The van der Waals surface area contributed by atoms with Gasteiger partial charge in [0.15, 0.2) is 28.4 Å². The number of pyridine rings is 2. The number of amidine groups is 1. The molecule has 1 unspecified atom stereocenters. The lowest BCUT2D eigenvalue weighted by Gasteiger charge is -2.37. The molecule has 0 bridgehead atoms. The number of benzene rings is 4. The van der Waals surface area contributed by atoms with E-state index in [0.29, 0.717) is 116 Å². The first-order valence-electron chi connectivity index (χ1n) is 40.8. The number of aromatic amines is 1. The molecule has 6 aliphatic heterocycles. The molecule has 632 valence electrons. The normalized spacial score (nSPS) is 20.5. The van der Waals surface area contributed by atoms with Crippen LogP contribution in [-0.2, 0) is 37.0 Å². The first kappa shape index (κ1) is 82.0. The molecule has 0 radical (unpaired) electrons. The molecule has 12 aromatic rings. The van der Waals surface area contributed by atoms with Crippen molar-refractivity contribution >= 4 is 114 Å². The maximum absolute atomic E-state index is 11.3. The minimum absolute atomic E-state index is 0.0941. The van der Waals surface area contributed by atoms with Crippen LogP contribution in [0.3, 0.4) is 0 Å². The number of carbonyl (C=O) groups is 1. The number of H-pyrrole nitrogens is 1. The Bertz CT molecular complexity index is 5870. The monoisotopic (exact) mass is 1650 g/mol. The number of hydrogen-bond acceptors (Lipinski definition) is 32. The van der Waals surface area contributed by atoms with Crippen LogP contribution in [0.4, 0.5) is 35.4 Å². The molecule has 121 heavy (non-hydrogen) atoms. The van der Waals surface area contributed by atoms with Gasteiger partial charge < -0.3 is 100.0 Å². The fourth-order valence-electron chi connectivity index (χ4n) is 16.7. The van der Waals surface area contributed by atoms with E-state index in [4.69, 9.17) is 84.7 Å². The number of morpholine rings is 4. The summed E-state index contributed by atoms with van der Waals surface area (Å²) in [6, 6.07) is 33.7. The number of para-hydroxylation sites is 1. The number of carboxylic acid groups (broad SMARTS) is 1. The topological polar surface area (TPSA) is 436 Å². The van der Waals surface area contributed by atoms with E-state index in [1.165, 1.54) is 12.7 Å². The molecule has 11 N–H and O–H groups in total. The minimum Gasteiger partial charge on any atom is -0.496 e. The lowest BCUT2D eigenvalue weighted by Crippen LogP contribution is -2.46. The summed E-state index contributed by atoms with van der Waals surface area (Å²) in [5, 5.41) is 47.1. The second kappa shape index (κ2) is 35.7. The fraction of sp³-hybridized carbons (Fsp3) is 0.407. The minimum atomic E-state index is -0.702. The second-order valence-corrected chi connectivity index (χ2v) is 31.2. The Labute approximate surface area is 697 Å². The van der Waals surface area contributed by atoms with Crippen LogP contribution in [0.25, 0.3) is 94.6 Å². The summed E-state index contributed by atoms with van der Waals surface area (Å²) in [5.74, 6) is 5.30. The van der Waals surface area contributed by atoms with Crippen molar-refractivity contribution < 1.29 is 57.7 Å². The average molecular weight is 1650 g/mol. The van der Waals surface area contributed by atoms with Crippen molar-refractivity contribution in [2.75, 3.05) is 131 Å². The summed E-state index contributed by atoms with van der Waals surface area (Å²) in [5.41, 5.74) is 31.0. The molecule has 35 nitrogen and oxygen atoms in total. The van der Waals surface area contributed by atoms with Gasteiger partial charge in [0.25, 0.3) is 6.01 Å². The number of nitrogen functional groups attached to an aromatic ring is 2. The summed E-state index contributed by atoms with van der Waals surface area (Å²) in [7, 11) is 4.85. The van der Waals surface area contributed by atoms with Gasteiger partial charge in [0, 0.05) is 78.5 Å². The zero-order chi connectivity index (χ0) is 84.3. The van der Waals surface area contributed by atoms with Gasteiger partial charge in [-0.05, 0) is 164 Å². The highest BCUT2D eigenvalue weighted by Crippen LogP contribution is 2.42. The molecule has 4 aromatic carbocycles. The van der Waals surface area contributed by atoms with Crippen LogP contribution >= 0.6 is 0 Å². The van der Waals surface area contributed by atoms with Gasteiger partial charge in [-0.15, -0.1) is 0 Å². The number of aliphatic imine (C=N–C) groups is 1. The molecule has 8 aromatic heterocycles. The number of nitrogens with one attached hydrogen (secondary N) is 2. The number of anilines is 6. The van der Waals surface area contributed by atoms with E-state index in [1.54, 1.807) is 21.3 Å². The van der Waals surface area contributed by atoms with Gasteiger partial charge in [0.05, 0.1) is 149 Å². The van der Waals surface area contributed by atoms with E-state index in [9.17, 15) is 20.1 Å². The van der Waals surface area contributed by atoms with Crippen molar-refractivity contribution in [2.24, 2.45) is 27.7 Å². The van der Waals surface area contributed by atoms with Crippen LogP contribution < -0.4 is 56.3 Å². The van der Waals surface area contributed by atoms with Crippen molar-refractivity contribution in [2.45, 2.75) is 117 Å². The highest BCUT2D eigenvalue weighted by molar-refractivity contribution is 6.08. The highest BCUT2D eigenvalue weighted by Gasteiger charge is 2.43. The number of aromatic nitrogens is 12. The molecular weight excluding hydrogens is 1550 g/mol. The van der Waals surface area contributed by atoms with Gasteiger partial charge in [-0.3, -0.25) is 4.79 Å². The number of carboxylic acids is 1. The van der Waals surface area contributed by atoms with E-state index in [2.05, 4.69) is 93.8 Å². The van der Waals surface area contributed by atoms with Crippen molar-refractivity contribution in [3.05, 3.63) is 132 Å². The zero-order valence-corrected chi connectivity index (χ0v) is 69.1. The number of rotatable bonds is 16. The van der Waals surface area contributed by atoms with Gasteiger partial charge in [-0.25, -0.2) is 34.6 Å². The zero-order valence-electron chi connectivity index (χ0n) is 69.1. The van der Waals surface area contributed by atoms with Crippen LogP contribution in [0.15, 0.2) is 130 Å². The number of methoxy groups -OCH3 is 3. The standard InChI is InChI=1S/2C25H31N5O4.C21H24N6O3.C15H15N7O/c1-16-14-33-10-8-29(16)24-20-5-6-21(18-4-7-22(32-3)19(12-18)13-31)26-23(20)27-25(28-24)30-9-11-34-15-17(30)2;1-16-13-30(14-17(2)34-16)25-27-23-20(24(28-25)29-8-10-33-11-9-29)5-6-21(26-23)18-4-7-22(32-3)19(12-18)15-31;1-30-15-4-2-3-13-9-14(25-16(13)15)17-18-19(22)23-10-24-27(18)20(26-17)11-5-7-12(8-6-11)21(28)29;1-7(2)22-14-11(13(16)18-6-19-14)12(21-22)8-3-4-10-9(5-8)20-15(17)23-10/h2*4-7,12,16-17,31H,8-11,13-15H2,1-3H3;2-4,9-12,20,25-26H,5-8H2,1H3,(H,28,29)(H2,22,23,24);3-7H,1-2H3,(H2,17,20)(H2,16,18,19)/t16-,17-;16-,17+;;/m1.../s1. The molecule has 19 rings (SSSR count). The van der Waals surface area contributed by atoms with Crippen molar-refractivity contribution in [1.82, 2.24) is 69.9 Å². The van der Waals surface area contributed by atoms with Gasteiger partial charge in [0.2, 0.25) is 11.9 Å². The smallest absolute Gasteiger partial charge is 0.306 e. The lowest BCUT2D eigenvalue weighted by molar-refractivity contribution is -0.143. The molecular formula is C86H101N23O12. The molecule has 1 aliphatic carbocycles. The van der Waals surface area contributed by atoms with E-state index >= 15 is 0 Å². The molecule has 4 saturated heterocycles. The Morgan fingerprint density at radius 3 is 1.88 bits per heavy atom. The van der Waals surface area contributed by atoms with E-state index in [1.807, 2.05) is 121 Å². The Morgan fingerprint density at radius 2 is 1.26 bits per heavy atom. The van der Waals surface area contributed by atoms with E-state index < -0.39 is 5.97 Å². The molecule has 5 atom stereocenters. The Hall–Kier alpha value is -12.7. The first-order chi connectivity index (χ1) is 58.7. The van der Waals surface area contributed by atoms with Gasteiger partial charge in [-0.1, -0.05) is 12.1 Å². The quantitative estimate of drug-likeness (QED) is 0.0446. The first-order valence-corrected chi connectivity index (χ1v) is 40.8. The van der Waals surface area contributed by atoms with Gasteiger partial charge in [0.1, 0.15) is 70.4 Å². The predicted octanol–water partition coefficient (Wildman–Crippen LogP) is 9.95. The Balaban J connectivity index is 0.000000121. The number of hydrogen-bond donors (Lipinski definition) is 8. The Kier molecular flexibility index (Phi) is 24.2. The number of ether oxygens (including phenoxy) is 7. The van der Waals surface area contributed by atoms with E-state index in [-0.39, 0.29) is 67.6 Å². The summed E-state index contributed by atoms with van der Waals surface area (Å²) in [4.78, 5) is 70.2. The predicted molar refractivity (Wildman–Crippen MR) is 462 cm³/mol. The van der Waals surface area contributed by atoms with Crippen molar-refractivity contribution in [1.29, 1.82) is 0 Å². The number of aliphatic carboxylic acids is 1. The fourth-order valence-corrected chi connectivity index (χ4v) is 16.7. The molecule has 0 spiro atoms. The van der Waals surface area contributed by atoms with Crippen LogP contribution in [-0.4, -0.2) is 229 Å². The SMILES string of the molecule is CC(C)n1nc(-c2ccc3oc(N)nc3c2)c2c(N)ncnc21.COc1ccc(-c2ccc3c(N4CCOCC4)nc(N4C[C@@H](C)O[C@@H](C)C4)nc3n2)cc1CO.COc1ccc(-c2ccc3c(N4CCOC[C@H]4C)nc(N4CCOC[C@H]4C)nc3n2)cc1CO.COc1cccc2cc(C3=C4C(N)=NC=NN4C(C4CCC(C(=O)O)CC4)N3)[nH]c12. The maximum atomic E-state index is 11.3. The highest BCUT2D eigenvalue weighted by atomic mass is 16.5. The summed E-state index contributed by atoms with van der Waals surface area (Å²) in [6.07, 6.45) is 6.01. The number of oxazole rings is 1. The van der Waals surface area contributed by atoms with Crippen molar-refractivity contribution in [3.8, 4) is 51.0 Å². The van der Waals surface area contributed by atoms with E-state index in [0.717, 1.165) is 159 Å². The third kappa shape index (κ3) is 17.0. The molecule has 35 heteroatoms. The van der Waals surface area contributed by atoms with Crippen LogP contribution in [0, 0.1) is 11.8 Å². The molecule has 0 amide bonds. The molecule has 5 fully saturated rings. The number of hydrazone groups is 1. The third-order valence-corrected chi connectivity index (χ3v) is 22.8. The number of aliphatic hydroxyl groups is 2. The number of nitrogens with zero attached hydrogens (tertiary/aromatic N) is 18. The summed E-state index contributed by atoms with van der Waals surface area (Å²) in [6.45, 7) is 20.8. The summed E-state index contributed by atoms with van der Waals surface area (Å²) < 4.78 is 46.1. The molecule has 7 aliphatic rings. The van der Waals surface area contributed by atoms with Crippen LogP contribution in [0.2, 0.25) is 0 Å². The van der Waals surface area contributed by atoms with Gasteiger partial charge in [-0.2, -0.15) is 35.1 Å². The van der Waals surface area contributed by atoms with Crippen LogP contribution in [0.1, 0.15) is 90.1 Å². The van der Waals surface area contributed by atoms with Gasteiger partial charge >= 0.3 is 5.97 Å². The molecule has 14 heterocycles. The number of fused-ring (bicyclic) bond motifs is 6. The second-order valence-electron chi connectivity index (χ2n) is 31.2. The number of aliphatic hydroxyl groups excluding tert-OH is 2. The third-order valence-electron chi connectivity index (χ3n) is 22.8. The maximum Gasteiger partial charge on any atom is 0.306 e.